The maximum absolute atomic E-state index is 12.0. The number of anilines is 1. The first kappa shape index (κ1) is 18.2. The lowest BCUT2D eigenvalue weighted by Gasteiger charge is -2.17. The SMILES string of the molecule is CCCCCCCN(N)C(=O)Nc1nc(C(C)C)cc(=O)[nH]1. The third kappa shape index (κ3) is 6.26. The van der Waals surface area contributed by atoms with Crippen LogP contribution in [-0.4, -0.2) is 27.6 Å². The van der Waals surface area contributed by atoms with E-state index in [1.165, 1.54) is 18.9 Å². The molecule has 7 heteroatoms. The minimum atomic E-state index is -0.473. The monoisotopic (exact) mass is 309 g/mol. The molecular formula is C15H27N5O2. The highest BCUT2D eigenvalue weighted by Crippen LogP contribution is 2.10. The normalized spacial score (nSPS) is 10.8. The number of carbonyl (C=O) groups excluding carboxylic acids is 1. The third-order valence-corrected chi connectivity index (χ3v) is 3.34. The van der Waals surface area contributed by atoms with Gasteiger partial charge >= 0.3 is 6.03 Å². The fraction of sp³-hybridized carbons (Fsp3) is 0.667. The van der Waals surface area contributed by atoms with Crippen LogP contribution in [0.15, 0.2) is 10.9 Å². The van der Waals surface area contributed by atoms with E-state index in [1.807, 2.05) is 13.8 Å². The zero-order valence-corrected chi connectivity index (χ0v) is 13.7. The summed E-state index contributed by atoms with van der Waals surface area (Å²) in [7, 11) is 0. The van der Waals surface area contributed by atoms with Crippen LogP contribution in [0, 0.1) is 0 Å². The van der Waals surface area contributed by atoms with Gasteiger partial charge in [-0.05, 0) is 12.3 Å². The zero-order valence-electron chi connectivity index (χ0n) is 13.7. The summed E-state index contributed by atoms with van der Waals surface area (Å²) >= 11 is 0. The summed E-state index contributed by atoms with van der Waals surface area (Å²) in [6.07, 6.45) is 5.44. The minimum absolute atomic E-state index is 0.102. The van der Waals surface area contributed by atoms with Gasteiger partial charge in [-0.25, -0.2) is 15.6 Å². The Hall–Kier alpha value is -1.89. The number of hydrogen-bond acceptors (Lipinski definition) is 4. The van der Waals surface area contributed by atoms with Crippen molar-refractivity contribution in [2.24, 2.45) is 5.84 Å². The number of H-pyrrole nitrogens is 1. The van der Waals surface area contributed by atoms with Crippen LogP contribution in [0.5, 0.6) is 0 Å². The van der Waals surface area contributed by atoms with E-state index in [2.05, 4.69) is 22.2 Å². The highest BCUT2D eigenvalue weighted by Gasteiger charge is 2.12. The molecule has 2 amide bonds. The Morgan fingerprint density at radius 1 is 1.36 bits per heavy atom. The fourth-order valence-electron chi connectivity index (χ4n) is 1.99. The summed E-state index contributed by atoms with van der Waals surface area (Å²) in [5, 5.41) is 3.64. The van der Waals surface area contributed by atoms with E-state index in [0.29, 0.717) is 12.2 Å². The lowest BCUT2D eigenvalue weighted by atomic mass is 10.1. The molecule has 0 saturated heterocycles. The number of rotatable bonds is 8. The summed E-state index contributed by atoms with van der Waals surface area (Å²) in [5.41, 5.74) is 0.333. The molecular weight excluding hydrogens is 282 g/mol. The first-order valence-corrected chi connectivity index (χ1v) is 7.88. The number of aromatic amines is 1. The molecule has 7 nitrogen and oxygen atoms in total. The van der Waals surface area contributed by atoms with Crippen LogP contribution in [-0.2, 0) is 0 Å². The second-order valence-corrected chi connectivity index (χ2v) is 5.71. The number of aromatic nitrogens is 2. The van der Waals surface area contributed by atoms with Crippen molar-refractivity contribution in [1.82, 2.24) is 15.0 Å². The van der Waals surface area contributed by atoms with Crippen molar-refractivity contribution in [2.45, 2.75) is 58.8 Å². The summed E-state index contributed by atoms with van der Waals surface area (Å²) in [5.74, 6) is 5.95. The molecule has 0 bridgehead atoms. The summed E-state index contributed by atoms with van der Waals surface area (Å²) in [4.78, 5) is 30.2. The van der Waals surface area contributed by atoms with Crippen molar-refractivity contribution in [3.8, 4) is 0 Å². The van der Waals surface area contributed by atoms with Crippen LogP contribution in [0.2, 0.25) is 0 Å². The molecule has 0 aliphatic rings. The average molecular weight is 309 g/mol. The Morgan fingerprint density at radius 3 is 2.68 bits per heavy atom. The van der Waals surface area contributed by atoms with Gasteiger partial charge in [0.05, 0.1) is 5.69 Å². The maximum Gasteiger partial charge on any atom is 0.338 e. The molecule has 0 atom stereocenters. The molecule has 0 radical (unpaired) electrons. The molecule has 0 aliphatic carbocycles. The summed E-state index contributed by atoms with van der Waals surface area (Å²) < 4.78 is 0. The van der Waals surface area contributed by atoms with Gasteiger partial charge in [-0.2, -0.15) is 0 Å². The lowest BCUT2D eigenvalue weighted by molar-refractivity contribution is 0.211. The number of unbranched alkanes of at least 4 members (excludes halogenated alkanes) is 4. The van der Waals surface area contributed by atoms with Gasteiger partial charge in [0.15, 0.2) is 0 Å². The molecule has 22 heavy (non-hydrogen) atoms. The number of nitrogens with one attached hydrogen (secondary N) is 2. The molecule has 1 aromatic rings. The molecule has 1 heterocycles. The summed E-state index contributed by atoms with van der Waals surface area (Å²) in [6.45, 7) is 6.49. The molecule has 0 unspecified atom stereocenters. The molecule has 1 rings (SSSR count). The maximum atomic E-state index is 12.0. The van der Waals surface area contributed by atoms with E-state index in [4.69, 9.17) is 5.84 Å². The van der Waals surface area contributed by atoms with Gasteiger partial charge in [-0.3, -0.25) is 20.1 Å². The second-order valence-electron chi connectivity index (χ2n) is 5.71. The Bertz CT molecular complexity index is 527. The first-order valence-electron chi connectivity index (χ1n) is 7.88. The van der Waals surface area contributed by atoms with E-state index in [-0.39, 0.29) is 17.4 Å². The van der Waals surface area contributed by atoms with Crippen molar-refractivity contribution < 1.29 is 4.79 Å². The molecule has 0 aliphatic heterocycles. The first-order chi connectivity index (χ1) is 10.4. The van der Waals surface area contributed by atoms with E-state index < -0.39 is 6.03 Å². The zero-order chi connectivity index (χ0) is 16.5. The molecule has 0 aromatic carbocycles. The van der Waals surface area contributed by atoms with Crippen LogP contribution in [0.3, 0.4) is 0 Å². The predicted octanol–water partition coefficient (Wildman–Crippen LogP) is 2.57. The van der Waals surface area contributed by atoms with Crippen LogP contribution in [0.1, 0.15) is 64.5 Å². The topological polar surface area (TPSA) is 104 Å². The highest BCUT2D eigenvalue weighted by molar-refractivity contribution is 5.86. The van der Waals surface area contributed by atoms with Crippen molar-refractivity contribution >= 4 is 12.0 Å². The number of urea groups is 1. The van der Waals surface area contributed by atoms with E-state index in [1.54, 1.807) is 0 Å². The van der Waals surface area contributed by atoms with Gasteiger partial charge < -0.3 is 0 Å². The minimum Gasteiger partial charge on any atom is -0.292 e. The standard InChI is InChI=1S/C15H27N5O2/c1-4-5-6-7-8-9-20(16)15(22)19-14-17-12(11(2)3)10-13(21)18-14/h10-11H,4-9,16H2,1-3H3,(H2,17,18,19,21,22). The molecule has 4 N–H and O–H groups in total. The van der Waals surface area contributed by atoms with Gasteiger partial charge in [-0.1, -0.05) is 46.5 Å². The Kier molecular flexibility index (Phi) is 7.59. The van der Waals surface area contributed by atoms with Crippen molar-refractivity contribution in [2.75, 3.05) is 11.9 Å². The van der Waals surface area contributed by atoms with Crippen LogP contribution < -0.4 is 16.7 Å². The number of hydrazine groups is 1. The van der Waals surface area contributed by atoms with Gasteiger partial charge in [0.2, 0.25) is 5.95 Å². The van der Waals surface area contributed by atoms with Gasteiger partial charge in [-0.15, -0.1) is 0 Å². The van der Waals surface area contributed by atoms with Crippen molar-refractivity contribution in [3.05, 3.63) is 22.1 Å². The number of nitrogens with zero attached hydrogens (tertiary/aromatic N) is 2. The van der Waals surface area contributed by atoms with Crippen LogP contribution in [0.25, 0.3) is 0 Å². The smallest absolute Gasteiger partial charge is 0.292 e. The molecule has 0 fully saturated rings. The van der Waals surface area contributed by atoms with E-state index in [0.717, 1.165) is 24.3 Å². The Labute approximate surface area is 131 Å². The van der Waals surface area contributed by atoms with Gasteiger partial charge in [0.25, 0.3) is 5.56 Å². The molecule has 0 saturated carbocycles. The van der Waals surface area contributed by atoms with Gasteiger partial charge in [0, 0.05) is 12.6 Å². The van der Waals surface area contributed by atoms with Crippen molar-refractivity contribution in [3.63, 3.8) is 0 Å². The number of amides is 2. The van der Waals surface area contributed by atoms with Crippen LogP contribution in [0.4, 0.5) is 10.7 Å². The Morgan fingerprint density at radius 2 is 2.05 bits per heavy atom. The largest absolute Gasteiger partial charge is 0.338 e. The Balaban J connectivity index is 2.52. The van der Waals surface area contributed by atoms with E-state index in [9.17, 15) is 9.59 Å². The molecule has 124 valence electrons. The van der Waals surface area contributed by atoms with E-state index >= 15 is 0 Å². The third-order valence-electron chi connectivity index (χ3n) is 3.34. The highest BCUT2D eigenvalue weighted by atomic mass is 16.2. The second kappa shape index (κ2) is 9.19. The quantitative estimate of drug-likeness (QED) is 0.297. The number of nitrogens with two attached hydrogens (primary N) is 1. The number of carbonyl (C=O) groups is 1. The van der Waals surface area contributed by atoms with Gasteiger partial charge in [0.1, 0.15) is 0 Å². The molecule has 0 spiro atoms. The summed E-state index contributed by atoms with van der Waals surface area (Å²) in [6, 6.07) is 0.952. The van der Waals surface area contributed by atoms with Crippen LogP contribution >= 0.6 is 0 Å². The average Bonchev–Trinajstić information content (AvgIpc) is 2.46. The molecule has 1 aromatic heterocycles. The van der Waals surface area contributed by atoms with Crippen molar-refractivity contribution in [1.29, 1.82) is 0 Å². The fourth-order valence-corrected chi connectivity index (χ4v) is 1.99. The predicted molar refractivity (Wildman–Crippen MR) is 87.6 cm³/mol. The lowest BCUT2D eigenvalue weighted by Crippen LogP contribution is -2.41. The number of hydrogen-bond donors (Lipinski definition) is 3.